The molecule has 2 aromatic rings. The third-order valence-electron chi connectivity index (χ3n) is 5.62. The Morgan fingerprint density at radius 1 is 1.14 bits per heavy atom. The van der Waals surface area contributed by atoms with E-state index in [1.807, 2.05) is 0 Å². The van der Waals surface area contributed by atoms with Crippen molar-refractivity contribution >= 4 is 23.4 Å². The highest BCUT2D eigenvalue weighted by molar-refractivity contribution is 6.16. The van der Waals surface area contributed by atoms with Gasteiger partial charge in [-0.15, -0.1) is 0 Å². The van der Waals surface area contributed by atoms with Crippen molar-refractivity contribution in [3.05, 3.63) is 65.5 Å². The van der Waals surface area contributed by atoms with Crippen LogP contribution < -0.4 is 10.2 Å². The zero-order chi connectivity index (χ0) is 20.1. The zero-order valence-electron chi connectivity index (χ0n) is 15.6. The van der Waals surface area contributed by atoms with Gasteiger partial charge in [0.05, 0.1) is 17.3 Å². The summed E-state index contributed by atoms with van der Waals surface area (Å²) in [6, 6.07) is 12.3. The van der Waals surface area contributed by atoms with Gasteiger partial charge in [-0.05, 0) is 36.8 Å². The van der Waals surface area contributed by atoms with Crippen LogP contribution in [0.25, 0.3) is 0 Å². The molecule has 2 heterocycles. The second-order valence-corrected chi connectivity index (χ2v) is 7.17. The molecule has 2 atom stereocenters. The molecule has 7 heteroatoms. The van der Waals surface area contributed by atoms with Crippen LogP contribution >= 0.6 is 0 Å². The summed E-state index contributed by atoms with van der Waals surface area (Å²) >= 11 is 0. The van der Waals surface area contributed by atoms with Gasteiger partial charge in [-0.1, -0.05) is 24.3 Å². The Morgan fingerprint density at radius 2 is 1.82 bits per heavy atom. The predicted octanol–water partition coefficient (Wildman–Crippen LogP) is 2.61. The summed E-state index contributed by atoms with van der Waals surface area (Å²) in [4.78, 5) is 41.8. The number of hydrogen-bond donors (Lipinski definition) is 1. The lowest BCUT2D eigenvalue weighted by Crippen LogP contribution is -2.69. The number of likely N-dealkylation sites (N-methyl/N-ethyl adjacent to an activating group) is 1. The van der Waals surface area contributed by atoms with Crippen LogP contribution in [0, 0.1) is 5.82 Å². The quantitative estimate of drug-likeness (QED) is 0.889. The monoisotopic (exact) mass is 381 g/mol. The van der Waals surface area contributed by atoms with Gasteiger partial charge in [0.2, 0.25) is 11.6 Å². The molecule has 28 heavy (non-hydrogen) atoms. The maximum Gasteiger partial charge on any atom is 0.267 e. The summed E-state index contributed by atoms with van der Waals surface area (Å²) in [5.74, 6) is -1.29. The van der Waals surface area contributed by atoms with Gasteiger partial charge in [-0.2, -0.15) is 0 Å². The number of nitrogens with zero attached hydrogens (tertiary/aromatic N) is 2. The Kier molecular flexibility index (Phi) is 4.18. The summed E-state index contributed by atoms with van der Waals surface area (Å²) < 4.78 is 13.2. The largest absolute Gasteiger partial charge is 0.346 e. The SMILES string of the molecule is C[C@H](NC(=O)[C@@]12CCC(=O)N1c1ccccc1C(=O)N2C)c1ccc(F)cc1. The van der Waals surface area contributed by atoms with Crippen LogP contribution in [-0.2, 0) is 9.59 Å². The molecule has 0 unspecified atom stereocenters. The third-order valence-corrected chi connectivity index (χ3v) is 5.62. The van der Waals surface area contributed by atoms with Gasteiger partial charge in [0.1, 0.15) is 5.82 Å². The first-order valence-electron chi connectivity index (χ1n) is 9.13. The Balaban J connectivity index is 1.72. The van der Waals surface area contributed by atoms with Crippen LogP contribution in [-0.4, -0.2) is 35.3 Å². The fraction of sp³-hybridized carbons (Fsp3) is 0.286. The van der Waals surface area contributed by atoms with Crippen LogP contribution in [0.15, 0.2) is 48.5 Å². The maximum absolute atomic E-state index is 13.4. The number of benzene rings is 2. The number of halogens is 1. The second kappa shape index (κ2) is 6.44. The van der Waals surface area contributed by atoms with Gasteiger partial charge in [0, 0.05) is 19.9 Å². The van der Waals surface area contributed by atoms with Gasteiger partial charge in [0.25, 0.3) is 11.8 Å². The molecule has 0 radical (unpaired) electrons. The van der Waals surface area contributed by atoms with E-state index >= 15 is 0 Å². The average Bonchev–Trinajstić information content (AvgIpc) is 3.05. The smallest absolute Gasteiger partial charge is 0.267 e. The fourth-order valence-electron chi connectivity index (χ4n) is 4.08. The summed E-state index contributed by atoms with van der Waals surface area (Å²) in [5, 5.41) is 2.90. The van der Waals surface area contributed by atoms with E-state index in [4.69, 9.17) is 0 Å². The van der Waals surface area contributed by atoms with Crippen molar-refractivity contribution in [1.82, 2.24) is 10.2 Å². The van der Waals surface area contributed by atoms with E-state index in [2.05, 4.69) is 5.32 Å². The van der Waals surface area contributed by atoms with Crippen molar-refractivity contribution in [3.63, 3.8) is 0 Å². The zero-order valence-corrected chi connectivity index (χ0v) is 15.6. The number of carbonyl (C=O) groups excluding carboxylic acids is 3. The number of para-hydroxylation sites is 1. The van der Waals surface area contributed by atoms with E-state index in [-0.39, 0.29) is 30.5 Å². The van der Waals surface area contributed by atoms with E-state index in [0.29, 0.717) is 11.3 Å². The van der Waals surface area contributed by atoms with E-state index < -0.39 is 17.6 Å². The Labute approximate surface area is 161 Å². The number of anilines is 1. The molecule has 0 aromatic heterocycles. The minimum absolute atomic E-state index is 0.171. The number of rotatable bonds is 3. The van der Waals surface area contributed by atoms with Gasteiger partial charge < -0.3 is 10.2 Å². The van der Waals surface area contributed by atoms with Gasteiger partial charge in [-0.3, -0.25) is 19.3 Å². The first-order valence-corrected chi connectivity index (χ1v) is 9.13. The van der Waals surface area contributed by atoms with Crippen molar-refractivity contribution < 1.29 is 18.8 Å². The van der Waals surface area contributed by atoms with Crippen LogP contribution in [0.3, 0.4) is 0 Å². The van der Waals surface area contributed by atoms with E-state index in [1.54, 1.807) is 50.4 Å². The first kappa shape index (κ1) is 18.2. The van der Waals surface area contributed by atoms with E-state index in [0.717, 1.165) is 5.56 Å². The Hall–Kier alpha value is -3.22. The number of carbonyl (C=O) groups is 3. The molecule has 1 N–H and O–H groups in total. The number of nitrogens with one attached hydrogen (secondary N) is 1. The van der Waals surface area contributed by atoms with Gasteiger partial charge >= 0.3 is 0 Å². The third kappa shape index (κ3) is 2.50. The molecule has 1 saturated heterocycles. The summed E-state index contributed by atoms with van der Waals surface area (Å²) in [7, 11) is 1.55. The van der Waals surface area contributed by atoms with Crippen LogP contribution in [0.1, 0.15) is 41.7 Å². The number of hydrogen-bond acceptors (Lipinski definition) is 3. The first-order chi connectivity index (χ1) is 13.4. The summed E-state index contributed by atoms with van der Waals surface area (Å²) in [6.07, 6.45) is 0.384. The number of fused-ring (bicyclic) bond motifs is 3. The Morgan fingerprint density at radius 3 is 2.54 bits per heavy atom. The predicted molar refractivity (Wildman–Crippen MR) is 101 cm³/mol. The average molecular weight is 381 g/mol. The molecule has 1 fully saturated rings. The van der Waals surface area contributed by atoms with Crippen LogP contribution in [0.5, 0.6) is 0 Å². The minimum Gasteiger partial charge on any atom is -0.346 e. The topological polar surface area (TPSA) is 69.7 Å². The lowest BCUT2D eigenvalue weighted by molar-refractivity contribution is -0.133. The molecule has 0 aliphatic carbocycles. The molecule has 6 nitrogen and oxygen atoms in total. The van der Waals surface area contributed by atoms with Crippen LogP contribution in [0.4, 0.5) is 10.1 Å². The molecule has 3 amide bonds. The number of amides is 3. The highest BCUT2D eigenvalue weighted by Gasteiger charge is 2.59. The lowest BCUT2D eigenvalue weighted by atomic mass is 9.95. The molecule has 2 aromatic carbocycles. The molecule has 0 spiro atoms. The van der Waals surface area contributed by atoms with Crippen LogP contribution in [0.2, 0.25) is 0 Å². The van der Waals surface area contributed by atoms with E-state index in [1.165, 1.54) is 21.9 Å². The normalized spacial score (nSPS) is 22.0. The molecule has 2 aliphatic rings. The van der Waals surface area contributed by atoms with Crippen molar-refractivity contribution in [2.24, 2.45) is 0 Å². The fourth-order valence-corrected chi connectivity index (χ4v) is 4.08. The molecule has 0 bridgehead atoms. The summed E-state index contributed by atoms with van der Waals surface area (Å²) in [6.45, 7) is 1.78. The standard InChI is InChI=1S/C21H20FN3O3/c1-13(14-7-9-15(22)10-8-14)23-20(28)21-12-11-18(26)25(21)17-6-4-3-5-16(17)19(27)24(21)2/h3-10,13H,11-12H2,1-2H3,(H,23,28)/t13-,21+/m0/s1. The van der Waals surface area contributed by atoms with Crippen molar-refractivity contribution in [1.29, 1.82) is 0 Å². The maximum atomic E-state index is 13.4. The molecular weight excluding hydrogens is 361 g/mol. The lowest BCUT2D eigenvalue weighted by Gasteiger charge is -2.47. The molecule has 144 valence electrons. The highest BCUT2D eigenvalue weighted by atomic mass is 19.1. The van der Waals surface area contributed by atoms with Crippen molar-refractivity contribution in [3.8, 4) is 0 Å². The molecule has 2 aliphatic heterocycles. The Bertz CT molecular complexity index is 975. The van der Waals surface area contributed by atoms with E-state index in [9.17, 15) is 18.8 Å². The van der Waals surface area contributed by atoms with Crippen molar-refractivity contribution in [2.45, 2.75) is 31.5 Å². The highest BCUT2D eigenvalue weighted by Crippen LogP contribution is 2.44. The molecule has 0 saturated carbocycles. The summed E-state index contributed by atoms with van der Waals surface area (Å²) in [5.41, 5.74) is 0.178. The second-order valence-electron chi connectivity index (χ2n) is 7.17. The van der Waals surface area contributed by atoms with Gasteiger partial charge in [0.15, 0.2) is 0 Å². The molecule has 4 rings (SSSR count). The molecular formula is C21H20FN3O3. The van der Waals surface area contributed by atoms with Crippen molar-refractivity contribution in [2.75, 3.05) is 11.9 Å². The van der Waals surface area contributed by atoms with Gasteiger partial charge in [-0.25, -0.2) is 4.39 Å². The minimum atomic E-state index is -1.41.